The molecule has 0 aliphatic heterocycles. The van der Waals surface area contributed by atoms with Gasteiger partial charge in [-0.15, -0.1) is 0 Å². The molecular weight excluding hydrogens is 160 g/mol. The first-order valence-corrected chi connectivity index (χ1v) is 4.83. The predicted octanol–water partition coefficient (Wildman–Crippen LogP) is 2.41. The topological polar surface area (TPSA) is 17.1 Å². The Labute approximate surface area is 77.8 Å². The number of allylic oxidation sites excluding steroid dienone is 6. The Morgan fingerprint density at radius 1 is 1.54 bits per heavy atom. The Hall–Kier alpha value is -1.11. The third-order valence-electron chi connectivity index (χ3n) is 3.61. The van der Waals surface area contributed by atoms with Gasteiger partial charge in [-0.25, -0.2) is 0 Å². The van der Waals surface area contributed by atoms with Crippen LogP contribution in [-0.4, -0.2) is 5.78 Å². The molecule has 2 atom stereocenters. The molecule has 0 heterocycles. The maximum absolute atomic E-state index is 11.4. The monoisotopic (exact) mass is 172 g/mol. The van der Waals surface area contributed by atoms with E-state index in [-0.39, 0.29) is 5.41 Å². The van der Waals surface area contributed by atoms with Gasteiger partial charge in [0.1, 0.15) is 0 Å². The third kappa shape index (κ3) is 0.749. The van der Waals surface area contributed by atoms with Crippen LogP contribution < -0.4 is 0 Å². The quantitative estimate of drug-likeness (QED) is 0.513. The van der Waals surface area contributed by atoms with Gasteiger partial charge >= 0.3 is 0 Å². The molecule has 0 amide bonds. The summed E-state index contributed by atoms with van der Waals surface area (Å²) in [5.41, 5.74) is 2.75. The number of ketones is 1. The SMILES string of the molecule is CC1=CC2C=CC13CC(=O)C=C3C2. The molecular formula is C12H12O. The summed E-state index contributed by atoms with van der Waals surface area (Å²) in [6.07, 6.45) is 10.4. The lowest BCUT2D eigenvalue weighted by atomic mass is 9.63. The normalized spacial score (nSPS) is 40.4. The smallest absolute Gasteiger partial charge is 0.157 e. The summed E-state index contributed by atoms with van der Waals surface area (Å²) in [4.78, 5) is 11.4. The molecule has 4 rings (SSSR count). The molecule has 0 N–H and O–H groups in total. The summed E-state index contributed by atoms with van der Waals surface area (Å²) in [5.74, 6) is 0.856. The summed E-state index contributed by atoms with van der Waals surface area (Å²) in [6, 6.07) is 0. The van der Waals surface area contributed by atoms with Gasteiger partial charge in [0.15, 0.2) is 5.78 Å². The van der Waals surface area contributed by atoms with Gasteiger partial charge in [-0.3, -0.25) is 4.79 Å². The first-order valence-electron chi connectivity index (χ1n) is 4.83. The largest absolute Gasteiger partial charge is 0.295 e. The van der Waals surface area contributed by atoms with Crippen molar-refractivity contribution >= 4 is 5.78 Å². The van der Waals surface area contributed by atoms with Crippen LogP contribution in [0.2, 0.25) is 0 Å². The van der Waals surface area contributed by atoms with Crippen LogP contribution in [-0.2, 0) is 4.79 Å². The number of hydrogen-bond donors (Lipinski definition) is 0. The molecule has 1 heteroatoms. The van der Waals surface area contributed by atoms with Gasteiger partial charge in [0.25, 0.3) is 0 Å². The molecule has 66 valence electrons. The second kappa shape index (κ2) is 2.03. The highest BCUT2D eigenvalue weighted by Gasteiger charge is 2.45. The van der Waals surface area contributed by atoms with Crippen molar-refractivity contribution in [2.24, 2.45) is 11.3 Å². The average Bonchev–Trinajstić information content (AvgIpc) is 2.40. The molecule has 2 bridgehead atoms. The minimum atomic E-state index is 0.0197. The van der Waals surface area contributed by atoms with Crippen molar-refractivity contribution in [1.29, 1.82) is 0 Å². The summed E-state index contributed by atoms with van der Waals surface area (Å²) < 4.78 is 0. The highest BCUT2D eigenvalue weighted by atomic mass is 16.1. The second-order valence-corrected chi connectivity index (χ2v) is 4.36. The molecule has 0 aromatic heterocycles. The number of hydrogen-bond acceptors (Lipinski definition) is 1. The molecule has 0 aromatic rings. The maximum Gasteiger partial charge on any atom is 0.157 e. The van der Waals surface area contributed by atoms with Gasteiger partial charge in [-0.2, -0.15) is 0 Å². The van der Waals surface area contributed by atoms with Crippen LogP contribution in [0.25, 0.3) is 0 Å². The van der Waals surface area contributed by atoms with Crippen LogP contribution >= 0.6 is 0 Å². The highest BCUT2D eigenvalue weighted by Crippen LogP contribution is 2.54. The minimum Gasteiger partial charge on any atom is -0.295 e. The Morgan fingerprint density at radius 3 is 3.08 bits per heavy atom. The Bertz CT molecular complexity index is 384. The van der Waals surface area contributed by atoms with Crippen LogP contribution in [0.15, 0.2) is 35.5 Å². The predicted molar refractivity (Wildman–Crippen MR) is 51.1 cm³/mol. The van der Waals surface area contributed by atoms with Gasteiger partial charge in [-0.05, 0) is 25.3 Å². The minimum absolute atomic E-state index is 0.0197. The standard InChI is InChI=1S/C12H12O/c1-8-4-9-2-3-12(8)7-11(13)6-10(12)5-9/h2-4,6,9H,5,7H2,1H3. The summed E-state index contributed by atoms with van der Waals surface area (Å²) in [5, 5.41) is 0. The van der Waals surface area contributed by atoms with Crippen molar-refractivity contribution in [3.63, 3.8) is 0 Å². The van der Waals surface area contributed by atoms with Gasteiger partial charge < -0.3 is 0 Å². The zero-order chi connectivity index (χ0) is 9.05. The fourth-order valence-electron chi connectivity index (χ4n) is 2.89. The van der Waals surface area contributed by atoms with E-state index in [2.05, 4.69) is 25.2 Å². The van der Waals surface area contributed by atoms with Crippen molar-refractivity contribution in [2.45, 2.75) is 19.8 Å². The van der Waals surface area contributed by atoms with E-state index >= 15 is 0 Å². The molecule has 1 spiro atoms. The molecule has 0 fully saturated rings. The first kappa shape index (κ1) is 7.31. The molecule has 0 aromatic carbocycles. The van der Waals surface area contributed by atoms with Gasteiger partial charge in [0, 0.05) is 11.8 Å². The van der Waals surface area contributed by atoms with Crippen molar-refractivity contribution in [3.05, 3.63) is 35.5 Å². The lowest BCUT2D eigenvalue weighted by Crippen LogP contribution is -2.29. The van der Waals surface area contributed by atoms with Crippen LogP contribution in [0.1, 0.15) is 19.8 Å². The van der Waals surface area contributed by atoms with Crippen LogP contribution in [0.4, 0.5) is 0 Å². The molecule has 13 heavy (non-hydrogen) atoms. The molecule has 4 aliphatic carbocycles. The molecule has 2 unspecified atom stereocenters. The zero-order valence-corrected chi connectivity index (χ0v) is 7.71. The van der Waals surface area contributed by atoms with E-state index < -0.39 is 0 Å². The third-order valence-corrected chi connectivity index (χ3v) is 3.61. The number of carbonyl (C=O) groups is 1. The van der Waals surface area contributed by atoms with Crippen molar-refractivity contribution in [3.8, 4) is 0 Å². The maximum atomic E-state index is 11.4. The zero-order valence-electron chi connectivity index (χ0n) is 7.71. The van der Waals surface area contributed by atoms with Crippen LogP contribution in [0.3, 0.4) is 0 Å². The van der Waals surface area contributed by atoms with Crippen LogP contribution in [0, 0.1) is 11.3 Å². The van der Waals surface area contributed by atoms with E-state index in [1.165, 1.54) is 11.1 Å². The van der Waals surface area contributed by atoms with E-state index in [1.54, 1.807) is 0 Å². The van der Waals surface area contributed by atoms with E-state index in [0.717, 1.165) is 6.42 Å². The fraction of sp³-hybridized carbons (Fsp3) is 0.417. The van der Waals surface area contributed by atoms with E-state index in [0.29, 0.717) is 18.1 Å². The summed E-state index contributed by atoms with van der Waals surface area (Å²) in [6.45, 7) is 2.15. The molecule has 0 saturated heterocycles. The molecule has 0 radical (unpaired) electrons. The van der Waals surface area contributed by atoms with Gasteiger partial charge in [-0.1, -0.05) is 29.4 Å². The van der Waals surface area contributed by atoms with Gasteiger partial charge in [0.05, 0.1) is 0 Å². The second-order valence-electron chi connectivity index (χ2n) is 4.36. The summed E-state index contributed by atoms with van der Waals surface area (Å²) in [7, 11) is 0. The number of rotatable bonds is 0. The van der Waals surface area contributed by atoms with E-state index in [4.69, 9.17) is 0 Å². The van der Waals surface area contributed by atoms with Gasteiger partial charge in [0.2, 0.25) is 0 Å². The first-order chi connectivity index (χ1) is 6.21. The Kier molecular flexibility index (Phi) is 1.14. The highest BCUT2D eigenvalue weighted by molar-refractivity contribution is 5.96. The van der Waals surface area contributed by atoms with Crippen LogP contribution in [0.5, 0.6) is 0 Å². The van der Waals surface area contributed by atoms with Crippen molar-refractivity contribution in [1.82, 2.24) is 0 Å². The lowest BCUT2D eigenvalue weighted by molar-refractivity contribution is -0.114. The van der Waals surface area contributed by atoms with Crippen molar-refractivity contribution < 1.29 is 4.79 Å². The average molecular weight is 172 g/mol. The van der Waals surface area contributed by atoms with Crippen molar-refractivity contribution in [2.75, 3.05) is 0 Å². The lowest BCUT2D eigenvalue weighted by Gasteiger charge is -2.40. The molecule has 0 saturated carbocycles. The van der Waals surface area contributed by atoms with E-state index in [1.807, 2.05) is 6.08 Å². The Morgan fingerprint density at radius 2 is 2.38 bits per heavy atom. The fourth-order valence-corrected chi connectivity index (χ4v) is 2.89. The molecule has 4 aliphatic rings. The van der Waals surface area contributed by atoms with E-state index in [9.17, 15) is 4.79 Å². The summed E-state index contributed by atoms with van der Waals surface area (Å²) >= 11 is 0. The Balaban J connectivity index is 2.23. The number of carbonyl (C=O) groups excluding carboxylic acids is 1. The molecule has 1 nitrogen and oxygen atoms in total.